The predicted octanol–water partition coefficient (Wildman–Crippen LogP) is 1.77. The molecule has 0 fully saturated rings. The first-order valence-electron chi connectivity index (χ1n) is 6.05. The molecule has 0 bridgehead atoms. The Balaban J connectivity index is 2.26. The molecule has 2 aliphatic rings. The van der Waals surface area contributed by atoms with Crippen molar-refractivity contribution >= 4 is 17.2 Å². The summed E-state index contributed by atoms with van der Waals surface area (Å²) in [6.07, 6.45) is 2.29. The predicted molar refractivity (Wildman–Crippen MR) is 67.1 cm³/mol. The van der Waals surface area contributed by atoms with Crippen LogP contribution in [0.15, 0.2) is 6.07 Å². The first kappa shape index (κ1) is 10.4. The molecule has 0 saturated carbocycles. The summed E-state index contributed by atoms with van der Waals surface area (Å²) in [5.41, 5.74) is 3.46. The van der Waals surface area contributed by atoms with Gasteiger partial charge >= 0.3 is 0 Å². The number of fused-ring (bicyclic) bond motifs is 3. The van der Waals surface area contributed by atoms with Crippen LogP contribution < -0.4 is 10.2 Å². The van der Waals surface area contributed by atoms with E-state index in [-0.39, 0.29) is 11.5 Å². The maximum Gasteiger partial charge on any atom is 0.165 e. The fraction of sp³-hybridized carbons (Fsp3) is 0.462. The maximum absolute atomic E-state index is 12.2. The van der Waals surface area contributed by atoms with Gasteiger partial charge in [0, 0.05) is 43.9 Å². The van der Waals surface area contributed by atoms with E-state index in [9.17, 15) is 9.90 Å². The summed E-state index contributed by atoms with van der Waals surface area (Å²) in [6, 6.07) is 1.77. The summed E-state index contributed by atoms with van der Waals surface area (Å²) in [4.78, 5) is 14.2. The lowest BCUT2D eigenvalue weighted by atomic mass is 9.97. The molecule has 0 aromatic heterocycles. The molecule has 4 heteroatoms. The molecule has 0 amide bonds. The molecule has 4 nitrogen and oxygen atoms in total. The summed E-state index contributed by atoms with van der Waals surface area (Å²) < 4.78 is 0. The number of carbonyl (C=O) groups excluding carboxylic acids is 1. The Bertz CT molecular complexity index is 497. The largest absolute Gasteiger partial charge is 0.506 e. The van der Waals surface area contributed by atoms with Crippen molar-refractivity contribution in [2.45, 2.75) is 19.3 Å². The van der Waals surface area contributed by atoms with Crippen LogP contribution in [-0.4, -0.2) is 31.0 Å². The minimum Gasteiger partial charge on any atom is -0.506 e. The zero-order chi connectivity index (χ0) is 12.0. The third kappa shape index (κ3) is 1.47. The number of anilines is 2. The van der Waals surface area contributed by atoms with Gasteiger partial charge in [0.05, 0.1) is 5.69 Å². The second kappa shape index (κ2) is 3.65. The number of rotatable bonds is 0. The molecule has 1 aromatic carbocycles. The first-order chi connectivity index (χ1) is 8.18. The Morgan fingerprint density at radius 3 is 3.06 bits per heavy atom. The lowest BCUT2D eigenvalue weighted by Crippen LogP contribution is -2.12. The van der Waals surface area contributed by atoms with Crippen molar-refractivity contribution in [1.82, 2.24) is 0 Å². The summed E-state index contributed by atoms with van der Waals surface area (Å²) >= 11 is 0. The number of phenolic OH excluding ortho intramolecular Hbond substituents is 1. The molecule has 0 saturated heterocycles. The minimum absolute atomic E-state index is 0.160. The molecular weight excluding hydrogens is 216 g/mol. The lowest BCUT2D eigenvalue weighted by Gasteiger charge is -2.16. The van der Waals surface area contributed by atoms with Gasteiger partial charge in [-0.15, -0.1) is 0 Å². The van der Waals surface area contributed by atoms with E-state index < -0.39 is 0 Å². The highest BCUT2D eigenvalue weighted by atomic mass is 16.3. The van der Waals surface area contributed by atoms with E-state index in [2.05, 4.69) is 10.2 Å². The van der Waals surface area contributed by atoms with Crippen LogP contribution in [0.2, 0.25) is 0 Å². The SMILES string of the molecule is CN1CCc2c1cc(O)c1c2C(=O)CCCN1. The van der Waals surface area contributed by atoms with E-state index in [1.807, 2.05) is 7.05 Å². The molecular formula is C13H16N2O2. The van der Waals surface area contributed by atoms with Gasteiger partial charge in [-0.1, -0.05) is 0 Å². The van der Waals surface area contributed by atoms with Gasteiger partial charge in [-0.25, -0.2) is 0 Å². The van der Waals surface area contributed by atoms with Crippen molar-refractivity contribution in [3.8, 4) is 5.75 Å². The van der Waals surface area contributed by atoms with Crippen molar-refractivity contribution in [3.05, 3.63) is 17.2 Å². The molecule has 2 aliphatic heterocycles. The Morgan fingerprint density at radius 1 is 1.41 bits per heavy atom. The fourth-order valence-electron chi connectivity index (χ4n) is 2.76. The van der Waals surface area contributed by atoms with Crippen LogP contribution in [0, 0.1) is 0 Å². The number of likely N-dealkylation sites (N-methyl/N-ethyl adjacent to an activating group) is 1. The Labute approximate surface area is 100 Å². The number of phenols is 1. The van der Waals surface area contributed by atoms with Crippen molar-refractivity contribution in [3.63, 3.8) is 0 Å². The van der Waals surface area contributed by atoms with E-state index in [0.29, 0.717) is 12.1 Å². The highest BCUT2D eigenvalue weighted by Gasteiger charge is 2.28. The molecule has 90 valence electrons. The van der Waals surface area contributed by atoms with Crippen LogP contribution in [0.25, 0.3) is 0 Å². The maximum atomic E-state index is 12.2. The summed E-state index contributed by atoms with van der Waals surface area (Å²) in [5.74, 6) is 0.357. The van der Waals surface area contributed by atoms with Gasteiger partial charge in [-0.05, 0) is 18.4 Å². The summed E-state index contributed by atoms with van der Waals surface area (Å²) in [5, 5.41) is 13.2. The minimum atomic E-state index is 0.160. The molecule has 0 aliphatic carbocycles. The number of carbonyl (C=O) groups is 1. The van der Waals surface area contributed by atoms with Crippen LogP contribution in [0.3, 0.4) is 0 Å². The van der Waals surface area contributed by atoms with Gasteiger partial charge in [-0.3, -0.25) is 4.79 Å². The molecule has 17 heavy (non-hydrogen) atoms. The molecule has 0 radical (unpaired) electrons. The number of nitrogens with zero attached hydrogens (tertiary/aromatic N) is 1. The number of benzene rings is 1. The standard InChI is InChI=1S/C13H16N2O2/c1-15-6-4-8-9(15)7-11(17)13-12(8)10(16)3-2-5-14-13/h7,14,17H,2-6H2,1H3. The fourth-order valence-corrected chi connectivity index (χ4v) is 2.76. The number of ketones is 1. The average Bonchev–Trinajstić information content (AvgIpc) is 2.55. The Morgan fingerprint density at radius 2 is 2.24 bits per heavy atom. The van der Waals surface area contributed by atoms with Crippen molar-refractivity contribution in [2.75, 3.05) is 30.4 Å². The van der Waals surface area contributed by atoms with Crippen molar-refractivity contribution in [2.24, 2.45) is 0 Å². The second-order valence-corrected chi connectivity index (χ2v) is 4.77. The second-order valence-electron chi connectivity index (χ2n) is 4.77. The zero-order valence-corrected chi connectivity index (χ0v) is 9.92. The van der Waals surface area contributed by atoms with Crippen molar-refractivity contribution in [1.29, 1.82) is 0 Å². The van der Waals surface area contributed by atoms with E-state index in [1.165, 1.54) is 0 Å². The number of hydrogen-bond donors (Lipinski definition) is 2. The molecule has 3 rings (SSSR count). The van der Waals surface area contributed by atoms with E-state index in [4.69, 9.17) is 0 Å². The van der Waals surface area contributed by atoms with Crippen LogP contribution in [0.5, 0.6) is 5.75 Å². The van der Waals surface area contributed by atoms with E-state index in [1.54, 1.807) is 6.07 Å². The van der Waals surface area contributed by atoms with Gasteiger partial charge in [0.15, 0.2) is 5.78 Å². The number of hydrogen-bond acceptors (Lipinski definition) is 4. The summed E-state index contributed by atoms with van der Waals surface area (Å²) in [6.45, 7) is 1.67. The number of aromatic hydroxyl groups is 1. The lowest BCUT2D eigenvalue weighted by molar-refractivity contribution is 0.0983. The highest BCUT2D eigenvalue weighted by Crippen LogP contribution is 2.41. The zero-order valence-electron chi connectivity index (χ0n) is 9.92. The van der Waals surface area contributed by atoms with Crippen LogP contribution in [0.1, 0.15) is 28.8 Å². The molecule has 1 aromatic rings. The molecule has 0 unspecified atom stereocenters. The van der Waals surface area contributed by atoms with Gasteiger partial charge < -0.3 is 15.3 Å². The molecule has 0 spiro atoms. The molecule has 0 atom stereocenters. The van der Waals surface area contributed by atoms with Crippen molar-refractivity contribution < 1.29 is 9.90 Å². The van der Waals surface area contributed by atoms with Crippen LogP contribution in [-0.2, 0) is 6.42 Å². The third-order valence-corrected chi connectivity index (χ3v) is 3.66. The van der Waals surface area contributed by atoms with E-state index >= 15 is 0 Å². The Kier molecular flexibility index (Phi) is 2.24. The third-order valence-electron chi connectivity index (χ3n) is 3.66. The number of nitrogens with one attached hydrogen (secondary N) is 1. The number of Topliss-reactive ketones (excluding diaryl/α,β-unsaturated/α-hetero) is 1. The quantitative estimate of drug-likeness (QED) is 0.669. The topological polar surface area (TPSA) is 52.6 Å². The van der Waals surface area contributed by atoms with Crippen LogP contribution in [0.4, 0.5) is 11.4 Å². The van der Waals surface area contributed by atoms with Gasteiger partial charge in [0.1, 0.15) is 5.75 Å². The molecule has 2 N–H and O–H groups in total. The highest BCUT2D eigenvalue weighted by molar-refractivity contribution is 6.06. The normalized spacial score (nSPS) is 18.4. The smallest absolute Gasteiger partial charge is 0.165 e. The van der Waals surface area contributed by atoms with Gasteiger partial charge in [0.2, 0.25) is 0 Å². The average molecular weight is 232 g/mol. The van der Waals surface area contributed by atoms with Gasteiger partial charge in [-0.2, -0.15) is 0 Å². The summed E-state index contributed by atoms with van der Waals surface area (Å²) in [7, 11) is 1.99. The van der Waals surface area contributed by atoms with Crippen LogP contribution >= 0.6 is 0 Å². The van der Waals surface area contributed by atoms with E-state index in [0.717, 1.165) is 42.7 Å². The van der Waals surface area contributed by atoms with Gasteiger partial charge in [0.25, 0.3) is 0 Å². The monoisotopic (exact) mass is 232 g/mol. The molecule has 2 heterocycles. The first-order valence-corrected chi connectivity index (χ1v) is 6.05. The Hall–Kier alpha value is -1.71.